The van der Waals surface area contributed by atoms with Crippen molar-refractivity contribution in [3.05, 3.63) is 28.5 Å². The number of anilines is 1. The van der Waals surface area contributed by atoms with Crippen LogP contribution in [0.25, 0.3) is 0 Å². The van der Waals surface area contributed by atoms with E-state index in [1.165, 1.54) is 11.3 Å². The number of thiazole rings is 1. The van der Waals surface area contributed by atoms with Gasteiger partial charge < -0.3 is 11.1 Å². The van der Waals surface area contributed by atoms with Crippen LogP contribution in [0.15, 0.2) is 12.3 Å². The molecule has 0 saturated heterocycles. The van der Waals surface area contributed by atoms with E-state index in [-0.39, 0.29) is 5.91 Å². The van der Waals surface area contributed by atoms with E-state index in [1.54, 1.807) is 11.6 Å². The van der Waals surface area contributed by atoms with Gasteiger partial charge in [0.2, 0.25) is 0 Å². The minimum Gasteiger partial charge on any atom is -0.375 e. The molecule has 18 heavy (non-hydrogen) atoms. The van der Waals surface area contributed by atoms with Gasteiger partial charge in [-0.1, -0.05) is 11.3 Å². The summed E-state index contributed by atoms with van der Waals surface area (Å²) in [6.45, 7) is 2.33. The summed E-state index contributed by atoms with van der Waals surface area (Å²) in [6.07, 6.45) is 2.59. The maximum absolute atomic E-state index is 11.9. The highest BCUT2D eigenvalue weighted by Crippen LogP contribution is 2.19. The highest BCUT2D eigenvalue weighted by molar-refractivity contribution is 7.17. The molecule has 7 heteroatoms. The lowest BCUT2D eigenvalue weighted by Crippen LogP contribution is -2.25. The Balaban J connectivity index is 1.87. The van der Waals surface area contributed by atoms with Crippen LogP contribution in [0, 0.1) is 6.92 Å². The summed E-state index contributed by atoms with van der Waals surface area (Å²) in [7, 11) is 1.87. The monoisotopic (exact) mass is 265 g/mol. The molecule has 0 aromatic carbocycles. The van der Waals surface area contributed by atoms with Crippen LogP contribution in [-0.2, 0) is 13.5 Å². The number of nitrogen functional groups attached to an aromatic ring is 1. The predicted octanol–water partition coefficient (Wildman–Crippen LogP) is 0.740. The third-order valence-corrected chi connectivity index (χ3v) is 3.44. The Labute approximate surface area is 109 Å². The highest BCUT2D eigenvalue weighted by Gasteiger charge is 2.13. The molecule has 2 heterocycles. The van der Waals surface area contributed by atoms with Crippen molar-refractivity contribution in [1.82, 2.24) is 20.1 Å². The number of aromatic nitrogens is 3. The average molecular weight is 265 g/mol. The third-order valence-electron chi connectivity index (χ3n) is 2.45. The lowest BCUT2D eigenvalue weighted by Gasteiger charge is -2.02. The molecule has 2 rings (SSSR count). The first kappa shape index (κ1) is 12.6. The van der Waals surface area contributed by atoms with Crippen molar-refractivity contribution in [1.29, 1.82) is 0 Å². The molecule has 2 aromatic rings. The Morgan fingerprint density at radius 3 is 2.94 bits per heavy atom. The molecule has 3 N–H and O–H groups in total. The van der Waals surface area contributed by atoms with Gasteiger partial charge in [-0.05, 0) is 13.0 Å². The number of nitrogens with zero attached hydrogens (tertiary/aromatic N) is 3. The van der Waals surface area contributed by atoms with Crippen LogP contribution in [0.1, 0.15) is 21.1 Å². The summed E-state index contributed by atoms with van der Waals surface area (Å²) in [6, 6.07) is 1.93. The minimum atomic E-state index is -0.127. The van der Waals surface area contributed by atoms with E-state index in [1.807, 2.05) is 19.3 Å². The molecule has 0 aliphatic heterocycles. The number of nitrogens with one attached hydrogen (secondary N) is 1. The van der Waals surface area contributed by atoms with Gasteiger partial charge in [0, 0.05) is 26.2 Å². The average Bonchev–Trinajstić information content (AvgIpc) is 2.85. The first-order valence-corrected chi connectivity index (χ1v) is 6.37. The zero-order chi connectivity index (χ0) is 13.1. The quantitative estimate of drug-likeness (QED) is 0.853. The SMILES string of the molecule is Cc1nc(N)sc1C(=O)NCCc1ccn(C)n1. The summed E-state index contributed by atoms with van der Waals surface area (Å²) in [5.41, 5.74) is 7.19. The normalized spacial score (nSPS) is 10.6. The van der Waals surface area contributed by atoms with Crippen molar-refractivity contribution >= 4 is 22.4 Å². The molecule has 2 aromatic heterocycles. The number of carbonyl (C=O) groups is 1. The van der Waals surface area contributed by atoms with Crippen LogP contribution in [0.2, 0.25) is 0 Å². The van der Waals surface area contributed by atoms with Crippen molar-refractivity contribution in [3.8, 4) is 0 Å². The van der Waals surface area contributed by atoms with Crippen LogP contribution < -0.4 is 11.1 Å². The molecule has 0 aliphatic rings. The number of rotatable bonds is 4. The summed E-state index contributed by atoms with van der Waals surface area (Å²) in [4.78, 5) is 16.5. The molecule has 0 saturated carbocycles. The second-order valence-corrected chi connectivity index (χ2v) is 4.98. The lowest BCUT2D eigenvalue weighted by atomic mass is 10.3. The fourth-order valence-electron chi connectivity index (χ4n) is 1.61. The number of hydrogen-bond acceptors (Lipinski definition) is 5. The molecular formula is C11H15N5OS. The number of nitrogens with two attached hydrogens (primary N) is 1. The highest BCUT2D eigenvalue weighted by atomic mass is 32.1. The van der Waals surface area contributed by atoms with Crippen molar-refractivity contribution in [2.75, 3.05) is 12.3 Å². The van der Waals surface area contributed by atoms with Gasteiger partial charge in [-0.25, -0.2) is 4.98 Å². The van der Waals surface area contributed by atoms with Crippen LogP contribution in [0.5, 0.6) is 0 Å². The van der Waals surface area contributed by atoms with Gasteiger partial charge in [-0.2, -0.15) is 5.10 Å². The smallest absolute Gasteiger partial charge is 0.263 e. The van der Waals surface area contributed by atoms with E-state index in [4.69, 9.17) is 5.73 Å². The molecular weight excluding hydrogens is 250 g/mol. The van der Waals surface area contributed by atoms with Crippen molar-refractivity contribution < 1.29 is 4.79 Å². The van der Waals surface area contributed by atoms with Gasteiger partial charge in [0.05, 0.1) is 11.4 Å². The van der Waals surface area contributed by atoms with Crippen LogP contribution in [0.4, 0.5) is 5.13 Å². The van der Waals surface area contributed by atoms with Crippen LogP contribution >= 0.6 is 11.3 Å². The molecule has 0 aliphatic carbocycles. The maximum Gasteiger partial charge on any atom is 0.263 e. The van der Waals surface area contributed by atoms with Gasteiger partial charge in [-0.15, -0.1) is 0 Å². The van der Waals surface area contributed by atoms with Crippen molar-refractivity contribution in [3.63, 3.8) is 0 Å². The molecule has 96 valence electrons. The largest absolute Gasteiger partial charge is 0.375 e. The van der Waals surface area contributed by atoms with Gasteiger partial charge in [0.15, 0.2) is 5.13 Å². The van der Waals surface area contributed by atoms with E-state index < -0.39 is 0 Å². The number of aryl methyl sites for hydroxylation is 2. The Kier molecular flexibility index (Phi) is 3.61. The van der Waals surface area contributed by atoms with Gasteiger partial charge in [0.1, 0.15) is 4.88 Å². The van der Waals surface area contributed by atoms with Crippen molar-refractivity contribution in [2.45, 2.75) is 13.3 Å². The molecule has 0 spiro atoms. The maximum atomic E-state index is 11.9. The Hall–Kier alpha value is -1.89. The Morgan fingerprint density at radius 2 is 2.39 bits per heavy atom. The first-order valence-electron chi connectivity index (χ1n) is 5.56. The van der Waals surface area contributed by atoms with Gasteiger partial charge in [0.25, 0.3) is 5.91 Å². The zero-order valence-electron chi connectivity index (χ0n) is 10.3. The Bertz CT molecular complexity index is 560. The summed E-state index contributed by atoms with van der Waals surface area (Å²) < 4.78 is 1.74. The summed E-state index contributed by atoms with van der Waals surface area (Å²) >= 11 is 1.21. The molecule has 0 bridgehead atoms. The van der Waals surface area contributed by atoms with Crippen LogP contribution in [0.3, 0.4) is 0 Å². The molecule has 0 atom stereocenters. The fraction of sp³-hybridized carbons (Fsp3) is 0.364. The molecule has 0 fully saturated rings. The number of hydrogen-bond donors (Lipinski definition) is 2. The standard InChI is InChI=1S/C11H15N5OS/c1-7-9(18-11(12)14-7)10(17)13-5-3-8-4-6-16(2)15-8/h4,6H,3,5H2,1-2H3,(H2,12,14)(H,13,17). The first-order chi connectivity index (χ1) is 8.56. The second-order valence-electron chi connectivity index (χ2n) is 3.95. The predicted molar refractivity (Wildman–Crippen MR) is 70.5 cm³/mol. The molecule has 0 radical (unpaired) electrons. The second kappa shape index (κ2) is 5.18. The summed E-state index contributed by atoms with van der Waals surface area (Å²) in [5.74, 6) is -0.127. The fourth-order valence-corrected chi connectivity index (χ4v) is 2.36. The van der Waals surface area contributed by atoms with Crippen LogP contribution in [-0.4, -0.2) is 27.2 Å². The van der Waals surface area contributed by atoms with E-state index in [2.05, 4.69) is 15.4 Å². The topological polar surface area (TPSA) is 85.8 Å². The molecule has 0 unspecified atom stereocenters. The molecule has 6 nitrogen and oxygen atoms in total. The van der Waals surface area contributed by atoms with E-state index in [9.17, 15) is 4.79 Å². The van der Waals surface area contributed by atoms with Gasteiger partial charge >= 0.3 is 0 Å². The van der Waals surface area contributed by atoms with Crippen molar-refractivity contribution in [2.24, 2.45) is 7.05 Å². The number of amides is 1. The van der Waals surface area contributed by atoms with E-state index in [0.717, 1.165) is 5.69 Å². The zero-order valence-corrected chi connectivity index (χ0v) is 11.1. The number of carbonyl (C=O) groups excluding carboxylic acids is 1. The Morgan fingerprint density at radius 1 is 1.61 bits per heavy atom. The minimum absolute atomic E-state index is 0.127. The van der Waals surface area contributed by atoms with E-state index in [0.29, 0.717) is 28.7 Å². The summed E-state index contributed by atoms with van der Waals surface area (Å²) in [5, 5.41) is 7.49. The van der Waals surface area contributed by atoms with E-state index >= 15 is 0 Å². The lowest BCUT2D eigenvalue weighted by molar-refractivity contribution is 0.0957. The van der Waals surface area contributed by atoms with Gasteiger partial charge in [-0.3, -0.25) is 9.48 Å². The third kappa shape index (κ3) is 2.86. The molecule has 1 amide bonds.